The standard InChI is InChI=1S/C24H17N3O3S/c1-31(30,22-10-4-7-19-8-5-15-25-23(19)22)27-20-9-3-2-6-18(20)13-11-17-12-14-21(24(28)29)26-16-17/h2-10,12,14-16H,1H3,(H,28,29). The van der Waals surface area contributed by atoms with E-state index in [1.165, 1.54) is 12.3 Å². The van der Waals surface area contributed by atoms with Gasteiger partial charge in [-0.1, -0.05) is 42.2 Å². The first-order chi connectivity index (χ1) is 14.9. The van der Waals surface area contributed by atoms with E-state index in [1.54, 1.807) is 36.7 Å². The van der Waals surface area contributed by atoms with E-state index in [9.17, 15) is 9.00 Å². The second-order valence-electron chi connectivity index (χ2n) is 6.73. The van der Waals surface area contributed by atoms with Crippen LogP contribution in [0.25, 0.3) is 10.9 Å². The largest absolute Gasteiger partial charge is 0.477 e. The number of rotatable bonds is 3. The summed E-state index contributed by atoms with van der Waals surface area (Å²) in [5, 5.41) is 9.84. The van der Waals surface area contributed by atoms with Gasteiger partial charge in [-0.05, 0) is 36.4 Å². The quantitative estimate of drug-likeness (QED) is 0.486. The molecule has 0 radical (unpaired) electrons. The lowest BCUT2D eigenvalue weighted by molar-refractivity contribution is 0.0690. The number of carboxylic acids is 1. The molecule has 7 heteroatoms. The molecule has 2 aromatic heterocycles. The monoisotopic (exact) mass is 427 g/mol. The fourth-order valence-corrected chi connectivity index (χ4v) is 4.50. The van der Waals surface area contributed by atoms with Crippen LogP contribution < -0.4 is 0 Å². The van der Waals surface area contributed by atoms with E-state index in [4.69, 9.17) is 5.11 Å². The molecule has 0 bridgehead atoms. The molecular formula is C24H17N3O3S. The Morgan fingerprint density at radius 1 is 0.968 bits per heavy atom. The first kappa shape index (κ1) is 20.3. The summed E-state index contributed by atoms with van der Waals surface area (Å²) in [6, 6.07) is 19.5. The number of fused-ring (bicyclic) bond motifs is 1. The van der Waals surface area contributed by atoms with Crippen LogP contribution in [0.15, 0.2) is 88.4 Å². The summed E-state index contributed by atoms with van der Waals surface area (Å²) in [5.41, 5.74) is 2.29. The molecule has 0 fully saturated rings. The van der Waals surface area contributed by atoms with Gasteiger partial charge in [-0.2, -0.15) is 4.36 Å². The molecule has 6 nitrogen and oxygen atoms in total. The molecule has 2 aromatic carbocycles. The highest BCUT2D eigenvalue weighted by atomic mass is 32.2. The van der Waals surface area contributed by atoms with Crippen LogP contribution in [0.3, 0.4) is 0 Å². The maximum absolute atomic E-state index is 13.6. The van der Waals surface area contributed by atoms with Crippen molar-refractivity contribution in [3.8, 4) is 11.8 Å². The average molecular weight is 427 g/mol. The van der Waals surface area contributed by atoms with Gasteiger partial charge in [0, 0.05) is 29.6 Å². The molecule has 0 amide bonds. The zero-order chi connectivity index (χ0) is 21.8. The third-order valence-corrected chi connectivity index (χ3v) is 6.20. The molecule has 4 rings (SSSR count). The molecule has 1 N–H and O–H groups in total. The van der Waals surface area contributed by atoms with Gasteiger partial charge in [0.15, 0.2) is 0 Å². The maximum atomic E-state index is 13.6. The Hall–Kier alpha value is -4.02. The van der Waals surface area contributed by atoms with Crippen LogP contribution in [0.5, 0.6) is 0 Å². The third-order valence-electron chi connectivity index (χ3n) is 4.50. The van der Waals surface area contributed by atoms with Crippen LogP contribution in [0.2, 0.25) is 0 Å². The first-order valence-electron chi connectivity index (χ1n) is 9.30. The lowest BCUT2D eigenvalue weighted by Crippen LogP contribution is -1.99. The molecule has 4 aromatic rings. The second kappa shape index (κ2) is 8.38. The predicted molar refractivity (Wildman–Crippen MR) is 120 cm³/mol. The summed E-state index contributed by atoms with van der Waals surface area (Å²) in [6.45, 7) is 0. The molecule has 0 aliphatic rings. The fraction of sp³-hybridized carbons (Fsp3) is 0.0417. The Kier molecular flexibility index (Phi) is 5.48. The van der Waals surface area contributed by atoms with E-state index in [1.807, 2.05) is 36.4 Å². The summed E-state index contributed by atoms with van der Waals surface area (Å²) in [4.78, 5) is 19.7. The van der Waals surface area contributed by atoms with Crippen LogP contribution in [0.4, 0.5) is 5.69 Å². The summed E-state index contributed by atoms with van der Waals surface area (Å²) in [7, 11) is -2.79. The highest BCUT2D eigenvalue weighted by Gasteiger charge is 2.12. The van der Waals surface area contributed by atoms with Gasteiger partial charge in [-0.3, -0.25) is 4.98 Å². The van der Waals surface area contributed by atoms with E-state index < -0.39 is 15.7 Å². The molecule has 2 heterocycles. The second-order valence-corrected chi connectivity index (χ2v) is 8.96. The molecule has 0 saturated heterocycles. The Morgan fingerprint density at radius 3 is 2.55 bits per heavy atom. The molecule has 1 unspecified atom stereocenters. The van der Waals surface area contributed by atoms with Gasteiger partial charge < -0.3 is 5.11 Å². The van der Waals surface area contributed by atoms with Crippen molar-refractivity contribution in [3.63, 3.8) is 0 Å². The van der Waals surface area contributed by atoms with Crippen molar-refractivity contribution in [2.75, 3.05) is 6.26 Å². The van der Waals surface area contributed by atoms with Gasteiger partial charge >= 0.3 is 5.97 Å². The van der Waals surface area contributed by atoms with Gasteiger partial charge in [0.1, 0.15) is 5.69 Å². The molecule has 31 heavy (non-hydrogen) atoms. The Balaban J connectivity index is 1.76. The van der Waals surface area contributed by atoms with Crippen LogP contribution in [0, 0.1) is 11.8 Å². The van der Waals surface area contributed by atoms with Crippen molar-refractivity contribution in [2.45, 2.75) is 4.90 Å². The molecular weight excluding hydrogens is 410 g/mol. The third kappa shape index (κ3) is 4.44. The zero-order valence-electron chi connectivity index (χ0n) is 16.5. The molecule has 0 aliphatic carbocycles. The van der Waals surface area contributed by atoms with Crippen molar-refractivity contribution >= 4 is 32.3 Å². The van der Waals surface area contributed by atoms with Crippen molar-refractivity contribution in [1.82, 2.24) is 9.97 Å². The smallest absolute Gasteiger partial charge is 0.354 e. The number of aromatic carboxylic acids is 1. The van der Waals surface area contributed by atoms with E-state index in [-0.39, 0.29) is 5.69 Å². The first-order valence-corrected chi connectivity index (χ1v) is 11.2. The van der Waals surface area contributed by atoms with Crippen molar-refractivity contribution < 1.29 is 14.1 Å². The summed E-state index contributed by atoms with van der Waals surface area (Å²) in [6.07, 6.45) is 4.67. The number of carbonyl (C=O) groups is 1. The van der Waals surface area contributed by atoms with E-state index in [2.05, 4.69) is 26.2 Å². The number of hydrogen-bond acceptors (Lipinski definition) is 5. The maximum Gasteiger partial charge on any atom is 0.354 e. The molecule has 0 aliphatic heterocycles. The molecule has 0 saturated carbocycles. The van der Waals surface area contributed by atoms with E-state index in [0.29, 0.717) is 27.2 Å². The number of pyridine rings is 2. The topological polar surface area (TPSA) is 92.5 Å². The SMILES string of the molecule is CS(=O)(=Nc1ccccc1C#Cc1ccc(C(=O)O)nc1)c1cccc2cccnc12. The Labute approximate surface area is 179 Å². The average Bonchev–Trinajstić information content (AvgIpc) is 2.78. The van der Waals surface area contributed by atoms with E-state index in [0.717, 1.165) is 5.39 Å². The number of hydrogen-bond donors (Lipinski definition) is 1. The highest BCUT2D eigenvalue weighted by molar-refractivity contribution is 7.93. The number of carboxylic acid groups (broad SMARTS) is 1. The van der Waals surface area contributed by atoms with Crippen LogP contribution >= 0.6 is 0 Å². The van der Waals surface area contributed by atoms with Gasteiger partial charge in [-0.15, -0.1) is 0 Å². The van der Waals surface area contributed by atoms with Crippen LogP contribution in [-0.2, 0) is 9.73 Å². The number of nitrogens with zero attached hydrogens (tertiary/aromatic N) is 3. The summed E-state index contributed by atoms with van der Waals surface area (Å²) >= 11 is 0. The lowest BCUT2D eigenvalue weighted by Gasteiger charge is -2.08. The predicted octanol–water partition coefficient (Wildman–Crippen LogP) is 4.52. The minimum absolute atomic E-state index is 0.0460. The fourth-order valence-electron chi connectivity index (χ4n) is 3.01. The van der Waals surface area contributed by atoms with Gasteiger partial charge in [0.05, 0.1) is 31.4 Å². The van der Waals surface area contributed by atoms with E-state index >= 15 is 0 Å². The van der Waals surface area contributed by atoms with Gasteiger partial charge in [-0.25, -0.2) is 14.0 Å². The minimum Gasteiger partial charge on any atom is -0.477 e. The van der Waals surface area contributed by atoms with Crippen molar-refractivity contribution in [1.29, 1.82) is 0 Å². The number of aromatic nitrogens is 2. The normalized spacial score (nSPS) is 12.4. The highest BCUT2D eigenvalue weighted by Crippen LogP contribution is 2.27. The lowest BCUT2D eigenvalue weighted by atomic mass is 10.1. The minimum atomic E-state index is -2.79. The van der Waals surface area contributed by atoms with Crippen LogP contribution in [0.1, 0.15) is 21.6 Å². The number of para-hydroxylation sites is 1. The van der Waals surface area contributed by atoms with Gasteiger partial charge in [0.2, 0.25) is 0 Å². The van der Waals surface area contributed by atoms with Crippen molar-refractivity contribution in [3.05, 3.63) is 95.9 Å². The molecule has 152 valence electrons. The number of benzene rings is 2. The Bertz CT molecular complexity index is 1470. The summed E-state index contributed by atoms with van der Waals surface area (Å²) < 4.78 is 18.1. The van der Waals surface area contributed by atoms with Crippen molar-refractivity contribution in [2.24, 2.45) is 4.36 Å². The molecule has 0 spiro atoms. The van der Waals surface area contributed by atoms with Crippen LogP contribution in [-0.4, -0.2) is 31.5 Å². The summed E-state index contributed by atoms with van der Waals surface area (Å²) in [5.74, 6) is 4.88. The van der Waals surface area contributed by atoms with Gasteiger partial charge in [0.25, 0.3) is 0 Å². The Morgan fingerprint density at radius 2 is 1.77 bits per heavy atom. The molecule has 1 atom stereocenters. The zero-order valence-corrected chi connectivity index (χ0v) is 17.3.